The predicted octanol–water partition coefficient (Wildman–Crippen LogP) is 2.26. The van der Waals surface area contributed by atoms with E-state index in [1.807, 2.05) is 0 Å². The van der Waals surface area contributed by atoms with E-state index in [2.05, 4.69) is 10.0 Å². The molecule has 4 nitrogen and oxygen atoms in total. The van der Waals surface area contributed by atoms with Crippen molar-refractivity contribution in [3.8, 4) is 0 Å². The molecule has 1 fully saturated rings. The van der Waals surface area contributed by atoms with Gasteiger partial charge in [0, 0.05) is 18.6 Å². The summed E-state index contributed by atoms with van der Waals surface area (Å²) in [6, 6.07) is 4.82. The largest absolute Gasteiger partial charge is 0.313 e. The SMILES string of the molecule is Cc1ccc(C(C)NS(=O)(=O)C(C)CNC2CC2)cc1F. The summed E-state index contributed by atoms with van der Waals surface area (Å²) in [6.07, 6.45) is 2.25. The number of halogens is 1. The maximum atomic E-state index is 13.6. The van der Waals surface area contributed by atoms with Crippen LogP contribution in [0.1, 0.15) is 43.9 Å². The monoisotopic (exact) mass is 314 g/mol. The Morgan fingerprint density at radius 3 is 2.57 bits per heavy atom. The first-order valence-corrected chi connectivity index (χ1v) is 8.85. The molecule has 1 aliphatic carbocycles. The molecule has 0 aromatic heterocycles. The summed E-state index contributed by atoms with van der Waals surface area (Å²) >= 11 is 0. The Morgan fingerprint density at radius 1 is 1.33 bits per heavy atom. The van der Waals surface area contributed by atoms with Gasteiger partial charge in [0.2, 0.25) is 10.0 Å². The molecule has 0 heterocycles. The second-order valence-electron chi connectivity index (χ2n) is 5.89. The average Bonchev–Trinajstić information content (AvgIpc) is 3.22. The molecule has 0 spiro atoms. The van der Waals surface area contributed by atoms with Crippen molar-refractivity contribution in [2.75, 3.05) is 6.54 Å². The molecule has 1 saturated carbocycles. The van der Waals surface area contributed by atoms with E-state index in [-0.39, 0.29) is 5.82 Å². The quantitative estimate of drug-likeness (QED) is 0.811. The Labute approximate surface area is 126 Å². The first-order valence-electron chi connectivity index (χ1n) is 7.30. The Bertz CT molecular complexity index is 600. The fraction of sp³-hybridized carbons (Fsp3) is 0.600. The van der Waals surface area contributed by atoms with Crippen LogP contribution in [0, 0.1) is 12.7 Å². The van der Waals surface area contributed by atoms with Crippen LogP contribution in [0.3, 0.4) is 0 Å². The van der Waals surface area contributed by atoms with Crippen molar-refractivity contribution in [3.63, 3.8) is 0 Å². The van der Waals surface area contributed by atoms with E-state index >= 15 is 0 Å². The van der Waals surface area contributed by atoms with Gasteiger partial charge in [-0.3, -0.25) is 0 Å². The number of nitrogens with one attached hydrogen (secondary N) is 2. The maximum absolute atomic E-state index is 13.6. The molecular weight excluding hydrogens is 291 g/mol. The van der Waals surface area contributed by atoms with Crippen LogP contribution in [0.25, 0.3) is 0 Å². The zero-order valence-corrected chi connectivity index (χ0v) is 13.5. The number of hydrogen-bond donors (Lipinski definition) is 2. The molecule has 1 aromatic rings. The highest BCUT2D eigenvalue weighted by Gasteiger charge is 2.27. The fourth-order valence-electron chi connectivity index (χ4n) is 2.04. The van der Waals surface area contributed by atoms with Crippen molar-refractivity contribution in [1.82, 2.24) is 10.0 Å². The first-order chi connectivity index (χ1) is 9.79. The van der Waals surface area contributed by atoms with Crippen LogP contribution in [-0.2, 0) is 10.0 Å². The first kappa shape index (κ1) is 16.4. The second kappa shape index (κ2) is 6.42. The van der Waals surface area contributed by atoms with Crippen LogP contribution in [-0.4, -0.2) is 26.3 Å². The van der Waals surface area contributed by atoms with Crippen LogP contribution in [0.5, 0.6) is 0 Å². The van der Waals surface area contributed by atoms with Gasteiger partial charge < -0.3 is 5.32 Å². The molecule has 0 aliphatic heterocycles. The number of rotatable bonds is 7. The summed E-state index contributed by atoms with van der Waals surface area (Å²) in [6.45, 7) is 5.53. The van der Waals surface area contributed by atoms with Crippen LogP contribution in [0.4, 0.5) is 4.39 Å². The molecular formula is C15H23FN2O2S. The minimum atomic E-state index is -3.43. The average molecular weight is 314 g/mol. The van der Waals surface area contributed by atoms with Gasteiger partial charge in [-0.05, 0) is 50.8 Å². The molecule has 6 heteroatoms. The van der Waals surface area contributed by atoms with Crippen LogP contribution in [0.15, 0.2) is 18.2 Å². The maximum Gasteiger partial charge on any atom is 0.216 e. The topological polar surface area (TPSA) is 58.2 Å². The van der Waals surface area contributed by atoms with Gasteiger partial charge in [-0.25, -0.2) is 17.5 Å². The Morgan fingerprint density at radius 2 is 2.00 bits per heavy atom. The summed E-state index contributed by atoms with van der Waals surface area (Å²) in [5.41, 5.74) is 1.18. The third-order valence-electron chi connectivity index (χ3n) is 3.84. The molecule has 2 unspecified atom stereocenters. The van der Waals surface area contributed by atoms with E-state index < -0.39 is 21.3 Å². The van der Waals surface area contributed by atoms with Crippen LogP contribution in [0.2, 0.25) is 0 Å². The lowest BCUT2D eigenvalue weighted by molar-refractivity contribution is 0.543. The molecule has 2 atom stereocenters. The third-order valence-corrected chi connectivity index (χ3v) is 5.75. The van der Waals surface area contributed by atoms with E-state index in [0.29, 0.717) is 23.7 Å². The Hall–Kier alpha value is -0.980. The van der Waals surface area contributed by atoms with Gasteiger partial charge in [-0.15, -0.1) is 0 Å². The van der Waals surface area contributed by atoms with Crippen molar-refractivity contribution in [1.29, 1.82) is 0 Å². The van der Waals surface area contributed by atoms with Gasteiger partial charge in [0.05, 0.1) is 5.25 Å². The zero-order valence-electron chi connectivity index (χ0n) is 12.7. The minimum absolute atomic E-state index is 0.318. The van der Waals surface area contributed by atoms with E-state index in [0.717, 1.165) is 12.8 Å². The van der Waals surface area contributed by atoms with E-state index in [1.54, 1.807) is 32.9 Å². The van der Waals surface area contributed by atoms with Crippen LogP contribution < -0.4 is 10.0 Å². The molecule has 21 heavy (non-hydrogen) atoms. The molecule has 2 rings (SSSR count). The molecule has 118 valence electrons. The molecule has 0 saturated heterocycles. The van der Waals surface area contributed by atoms with Gasteiger partial charge in [-0.1, -0.05) is 12.1 Å². The molecule has 1 aliphatic rings. The van der Waals surface area contributed by atoms with Crippen molar-refractivity contribution in [2.45, 2.75) is 50.9 Å². The normalized spacial score (nSPS) is 18.5. The molecule has 0 radical (unpaired) electrons. The summed E-state index contributed by atoms with van der Waals surface area (Å²) in [5.74, 6) is -0.318. The Kier molecular flexibility index (Phi) is 5.01. The van der Waals surface area contributed by atoms with E-state index in [9.17, 15) is 12.8 Å². The highest BCUT2D eigenvalue weighted by molar-refractivity contribution is 7.90. The van der Waals surface area contributed by atoms with E-state index in [1.165, 1.54) is 6.07 Å². The standard InChI is InChI=1S/C15H23FN2O2S/c1-10-4-5-13(8-15(10)16)12(3)18-21(19,20)11(2)9-17-14-6-7-14/h4-5,8,11-12,14,17-18H,6-7,9H2,1-3H3. The van der Waals surface area contributed by atoms with Crippen molar-refractivity contribution in [2.24, 2.45) is 0 Å². The summed E-state index contributed by atoms with van der Waals surface area (Å²) in [5, 5.41) is 2.70. The number of benzene rings is 1. The summed E-state index contributed by atoms with van der Waals surface area (Å²) < 4.78 is 40.7. The van der Waals surface area contributed by atoms with E-state index in [4.69, 9.17) is 0 Å². The number of hydrogen-bond acceptors (Lipinski definition) is 3. The van der Waals surface area contributed by atoms with Gasteiger partial charge in [0.25, 0.3) is 0 Å². The van der Waals surface area contributed by atoms with Crippen molar-refractivity contribution >= 4 is 10.0 Å². The molecule has 1 aromatic carbocycles. The van der Waals surface area contributed by atoms with Crippen molar-refractivity contribution < 1.29 is 12.8 Å². The molecule has 2 N–H and O–H groups in total. The van der Waals surface area contributed by atoms with Crippen molar-refractivity contribution in [3.05, 3.63) is 35.1 Å². The minimum Gasteiger partial charge on any atom is -0.313 e. The third kappa shape index (κ3) is 4.49. The predicted molar refractivity (Wildman–Crippen MR) is 82.1 cm³/mol. The highest BCUT2D eigenvalue weighted by atomic mass is 32.2. The second-order valence-corrected chi connectivity index (χ2v) is 8.02. The lowest BCUT2D eigenvalue weighted by Crippen LogP contribution is -2.40. The number of sulfonamides is 1. The highest BCUT2D eigenvalue weighted by Crippen LogP contribution is 2.20. The summed E-state index contributed by atoms with van der Waals surface area (Å²) in [7, 11) is -3.43. The van der Waals surface area contributed by atoms with Gasteiger partial charge in [0.1, 0.15) is 5.82 Å². The zero-order chi connectivity index (χ0) is 15.6. The Balaban J connectivity index is 1.98. The summed E-state index contributed by atoms with van der Waals surface area (Å²) in [4.78, 5) is 0. The lowest BCUT2D eigenvalue weighted by Gasteiger charge is -2.19. The van der Waals surface area contributed by atoms with Crippen LogP contribution >= 0.6 is 0 Å². The van der Waals surface area contributed by atoms with Gasteiger partial charge in [0.15, 0.2) is 0 Å². The fourth-order valence-corrected chi connectivity index (χ4v) is 3.22. The van der Waals surface area contributed by atoms with Gasteiger partial charge >= 0.3 is 0 Å². The lowest BCUT2D eigenvalue weighted by atomic mass is 10.1. The molecule has 0 bridgehead atoms. The number of aryl methyl sites for hydroxylation is 1. The molecule has 0 amide bonds. The van der Waals surface area contributed by atoms with Gasteiger partial charge in [-0.2, -0.15) is 0 Å². The smallest absolute Gasteiger partial charge is 0.216 e.